The van der Waals surface area contributed by atoms with E-state index in [-0.39, 0.29) is 16.7 Å². The van der Waals surface area contributed by atoms with E-state index in [9.17, 15) is 18.0 Å². The summed E-state index contributed by atoms with van der Waals surface area (Å²) in [7, 11) is 1.50. The minimum Gasteiger partial charge on any atom is -0.282 e. The minimum atomic E-state index is -3.72. The number of amides is 2. The molecule has 0 bridgehead atoms. The van der Waals surface area contributed by atoms with Crippen molar-refractivity contribution in [3.8, 4) is 0 Å². The Morgan fingerprint density at radius 3 is 2.10 bits per heavy atom. The molecule has 1 saturated heterocycles. The highest BCUT2D eigenvalue weighted by Crippen LogP contribution is 2.17. The monoisotopic (exact) mass is 315 g/mol. The van der Waals surface area contributed by atoms with E-state index in [2.05, 4.69) is 0 Å². The van der Waals surface area contributed by atoms with Crippen LogP contribution in [0.4, 0.5) is 0 Å². The molecule has 1 aliphatic rings. The second kappa shape index (κ2) is 5.93. The Labute approximate surface area is 121 Å². The van der Waals surface area contributed by atoms with Crippen LogP contribution in [-0.2, 0) is 25.1 Å². The van der Waals surface area contributed by atoms with Crippen LogP contribution in [-0.4, -0.2) is 31.7 Å². The Hall–Kier alpha value is -1.40. The van der Waals surface area contributed by atoms with E-state index in [4.69, 9.17) is 10.7 Å². The van der Waals surface area contributed by atoms with Gasteiger partial charge in [-0.05, 0) is 30.5 Å². The molecule has 5 nitrogen and oxygen atoms in total. The zero-order chi connectivity index (χ0) is 14.8. The molecule has 108 valence electrons. The van der Waals surface area contributed by atoms with Gasteiger partial charge in [-0.15, -0.1) is 0 Å². The summed E-state index contributed by atoms with van der Waals surface area (Å²) in [5.74, 6) is -0.276. The average molecular weight is 316 g/mol. The summed E-state index contributed by atoms with van der Waals surface area (Å²) in [5, 5.41) is 0. The number of piperidine rings is 1. The summed E-state index contributed by atoms with van der Waals surface area (Å²) in [6.07, 6.45) is 1.95. The summed E-state index contributed by atoms with van der Waals surface area (Å²) in [4.78, 5) is 24.5. The van der Waals surface area contributed by atoms with E-state index in [1.54, 1.807) is 12.1 Å². The Kier molecular flexibility index (Phi) is 4.45. The van der Waals surface area contributed by atoms with Crippen molar-refractivity contribution in [2.45, 2.75) is 30.6 Å². The van der Waals surface area contributed by atoms with Gasteiger partial charge >= 0.3 is 0 Å². The van der Waals surface area contributed by atoms with E-state index < -0.39 is 9.05 Å². The van der Waals surface area contributed by atoms with Crippen molar-refractivity contribution in [2.24, 2.45) is 0 Å². The second-order valence-electron chi connectivity index (χ2n) is 4.62. The summed E-state index contributed by atoms with van der Waals surface area (Å²) in [6.45, 7) is 0.324. The Balaban J connectivity index is 2.00. The van der Waals surface area contributed by atoms with Crippen LogP contribution in [0.25, 0.3) is 0 Å². The first-order valence-electron chi connectivity index (χ1n) is 6.25. The highest BCUT2D eigenvalue weighted by Gasteiger charge is 2.25. The topological polar surface area (TPSA) is 71.5 Å². The number of hydrogen-bond donors (Lipinski definition) is 0. The maximum Gasteiger partial charge on any atom is 0.261 e. The van der Waals surface area contributed by atoms with Gasteiger partial charge < -0.3 is 0 Å². The lowest BCUT2D eigenvalue weighted by molar-refractivity contribution is -0.147. The normalized spacial score (nSPS) is 16.6. The first kappa shape index (κ1) is 15.0. The van der Waals surface area contributed by atoms with Crippen molar-refractivity contribution in [3.05, 3.63) is 29.8 Å². The number of carbonyl (C=O) groups excluding carboxylic acids is 2. The van der Waals surface area contributed by atoms with Crippen LogP contribution in [0.3, 0.4) is 0 Å². The van der Waals surface area contributed by atoms with Crippen molar-refractivity contribution in [1.82, 2.24) is 4.90 Å². The van der Waals surface area contributed by atoms with Crippen molar-refractivity contribution >= 4 is 31.5 Å². The van der Waals surface area contributed by atoms with Crippen LogP contribution < -0.4 is 0 Å². The molecular weight excluding hydrogens is 302 g/mol. The molecule has 1 aromatic rings. The largest absolute Gasteiger partial charge is 0.282 e. The van der Waals surface area contributed by atoms with E-state index in [1.165, 1.54) is 17.0 Å². The number of hydrogen-bond acceptors (Lipinski definition) is 4. The molecule has 1 heterocycles. The quantitative estimate of drug-likeness (QED) is 0.626. The molecule has 7 heteroatoms. The lowest BCUT2D eigenvalue weighted by Crippen LogP contribution is -2.41. The Bertz CT molecular complexity index is 608. The third kappa shape index (κ3) is 3.58. The fourth-order valence-corrected chi connectivity index (χ4v) is 2.88. The number of imide groups is 1. The summed E-state index contributed by atoms with van der Waals surface area (Å²) in [6, 6.07) is 6.09. The fraction of sp³-hybridized carbons (Fsp3) is 0.385. The molecule has 2 rings (SSSR count). The molecule has 2 amide bonds. The molecule has 1 aromatic carbocycles. The van der Waals surface area contributed by atoms with Gasteiger partial charge in [0.15, 0.2) is 0 Å². The van der Waals surface area contributed by atoms with Gasteiger partial charge in [-0.25, -0.2) is 8.42 Å². The molecule has 0 atom stereocenters. The molecular formula is C13H14ClNO4S. The molecule has 0 N–H and O–H groups in total. The molecule has 20 heavy (non-hydrogen) atoms. The minimum absolute atomic E-state index is 0.0352. The first-order valence-corrected chi connectivity index (χ1v) is 8.55. The van der Waals surface area contributed by atoms with Gasteiger partial charge in [0, 0.05) is 30.1 Å². The molecule has 0 unspecified atom stereocenters. The number of benzene rings is 1. The second-order valence-corrected chi connectivity index (χ2v) is 7.19. The third-order valence-electron chi connectivity index (χ3n) is 3.21. The van der Waals surface area contributed by atoms with Crippen molar-refractivity contribution in [2.75, 3.05) is 6.54 Å². The van der Waals surface area contributed by atoms with Crippen molar-refractivity contribution < 1.29 is 18.0 Å². The van der Waals surface area contributed by atoms with Crippen LogP contribution in [0.15, 0.2) is 29.2 Å². The van der Waals surface area contributed by atoms with Crippen LogP contribution in [0.5, 0.6) is 0 Å². The number of rotatable bonds is 4. The number of halogens is 1. The summed E-state index contributed by atoms with van der Waals surface area (Å²) >= 11 is 0. The van der Waals surface area contributed by atoms with E-state index in [1.807, 2.05) is 0 Å². The zero-order valence-electron chi connectivity index (χ0n) is 10.7. The van der Waals surface area contributed by atoms with Crippen molar-refractivity contribution in [1.29, 1.82) is 0 Å². The lowest BCUT2D eigenvalue weighted by atomic mass is 10.1. The fourth-order valence-electron chi connectivity index (χ4n) is 2.11. The summed E-state index contributed by atoms with van der Waals surface area (Å²) in [5.41, 5.74) is 0.847. The number of nitrogens with zero attached hydrogens (tertiary/aromatic N) is 1. The van der Waals surface area contributed by atoms with Gasteiger partial charge in [-0.3, -0.25) is 14.5 Å². The Morgan fingerprint density at radius 1 is 1.05 bits per heavy atom. The van der Waals surface area contributed by atoms with Gasteiger partial charge in [-0.2, -0.15) is 0 Å². The molecule has 1 fully saturated rings. The molecule has 0 saturated carbocycles. The van der Waals surface area contributed by atoms with Gasteiger partial charge in [0.05, 0.1) is 4.90 Å². The van der Waals surface area contributed by atoms with Gasteiger partial charge in [0.1, 0.15) is 0 Å². The van der Waals surface area contributed by atoms with Crippen LogP contribution in [0.2, 0.25) is 0 Å². The predicted octanol–water partition coefficient (Wildman–Crippen LogP) is 1.70. The molecule has 0 radical (unpaired) electrons. The SMILES string of the molecule is O=C1CCCC(=O)N1CCc1ccc(S(=O)(=O)Cl)cc1. The molecule has 0 aromatic heterocycles. The maximum atomic E-state index is 11.6. The van der Waals surface area contributed by atoms with Gasteiger partial charge in [0.25, 0.3) is 9.05 Å². The highest BCUT2D eigenvalue weighted by molar-refractivity contribution is 8.13. The molecule has 0 aliphatic carbocycles. The third-order valence-corrected chi connectivity index (χ3v) is 4.58. The van der Waals surface area contributed by atoms with Gasteiger partial charge in [0.2, 0.25) is 11.8 Å². The van der Waals surface area contributed by atoms with Crippen LogP contribution in [0, 0.1) is 0 Å². The average Bonchev–Trinajstić information content (AvgIpc) is 2.37. The zero-order valence-corrected chi connectivity index (χ0v) is 12.3. The maximum absolute atomic E-state index is 11.6. The van der Waals surface area contributed by atoms with Crippen LogP contribution in [0.1, 0.15) is 24.8 Å². The first-order chi connectivity index (χ1) is 9.38. The Morgan fingerprint density at radius 2 is 1.60 bits per heavy atom. The van der Waals surface area contributed by atoms with E-state index in [0.717, 1.165) is 5.56 Å². The molecule has 0 spiro atoms. The van der Waals surface area contributed by atoms with Gasteiger partial charge in [-0.1, -0.05) is 12.1 Å². The number of likely N-dealkylation sites (tertiary alicyclic amines) is 1. The standard InChI is InChI=1S/C13H14ClNO4S/c14-20(18,19)11-6-4-10(5-7-11)8-9-15-12(16)2-1-3-13(15)17/h4-7H,1-3,8-9H2. The van der Waals surface area contributed by atoms with Crippen molar-refractivity contribution in [3.63, 3.8) is 0 Å². The lowest BCUT2D eigenvalue weighted by Gasteiger charge is -2.24. The van der Waals surface area contributed by atoms with E-state index in [0.29, 0.717) is 32.2 Å². The molecule has 1 aliphatic heterocycles. The van der Waals surface area contributed by atoms with Crippen LogP contribution >= 0.6 is 10.7 Å². The number of carbonyl (C=O) groups is 2. The summed E-state index contributed by atoms with van der Waals surface area (Å²) < 4.78 is 22.2. The smallest absolute Gasteiger partial charge is 0.261 e. The highest BCUT2D eigenvalue weighted by atomic mass is 35.7. The van der Waals surface area contributed by atoms with E-state index >= 15 is 0 Å². The predicted molar refractivity (Wildman–Crippen MR) is 73.8 cm³/mol.